The van der Waals surface area contributed by atoms with E-state index >= 15 is 0 Å². The van der Waals surface area contributed by atoms with Crippen molar-refractivity contribution in [3.8, 4) is 0 Å². The summed E-state index contributed by atoms with van der Waals surface area (Å²) in [6, 6.07) is 0.412. The van der Waals surface area contributed by atoms with Gasteiger partial charge in [0, 0.05) is 19.6 Å². The van der Waals surface area contributed by atoms with Gasteiger partial charge < -0.3 is 9.30 Å². The van der Waals surface area contributed by atoms with E-state index in [4.69, 9.17) is 17.0 Å². The molecule has 1 aliphatic heterocycles. The van der Waals surface area contributed by atoms with Crippen LogP contribution in [-0.2, 0) is 18.5 Å². The van der Waals surface area contributed by atoms with Gasteiger partial charge in [-0.25, -0.2) is 4.68 Å². The van der Waals surface area contributed by atoms with Gasteiger partial charge >= 0.3 is 0 Å². The predicted octanol–water partition coefficient (Wildman–Crippen LogP) is 1.33. The highest BCUT2D eigenvalue weighted by Gasteiger charge is 2.24. The van der Waals surface area contributed by atoms with Crippen molar-refractivity contribution >= 4 is 12.2 Å². The van der Waals surface area contributed by atoms with E-state index in [2.05, 4.69) is 23.8 Å². The van der Waals surface area contributed by atoms with Crippen molar-refractivity contribution in [3.63, 3.8) is 0 Å². The lowest BCUT2D eigenvalue weighted by molar-refractivity contribution is -0.0625. The summed E-state index contributed by atoms with van der Waals surface area (Å²) in [7, 11) is 1.95. The molecule has 0 spiro atoms. The first kappa shape index (κ1) is 12.7. The monoisotopic (exact) mass is 256 g/mol. The average Bonchev–Trinajstić information content (AvgIpc) is 2.52. The molecule has 1 aromatic heterocycles. The van der Waals surface area contributed by atoms with Crippen molar-refractivity contribution in [2.75, 3.05) is 13.2 Å². The Kier molecular flexibility index (Phi) is 3.65. The highest BCUT2D eigenvalue weighted by atomic mass is 32.1. The lowest BCUT2D eigenvalue weighted by Gasteiger charge is -2.36. The molecule has 0 unspecified atom stereocenters. The molecule has 5 nitrogen and oxygen atoms in total. The van der Waals surface area contributed by atoms with Crippen LogP contribution < -0.4 is 0 Å². The van der Waals surface area contributed by atoms with Crippen molar-refractivity contribution in [2.24, 2.45) is 7.05 Å². The highest BCUT2D eigenvalue weighted by molar-refractivity contribution is 7.71. The van der Waals surface area contributed by atoms with E-state index in [1.807, 2.05) is 23.2 Å². The van der Waals surface area contributed by atoms with Gasteiger partial charge in [0.15, 0.2) is 4.77 Å². The standard InChI is InChI=1S/C11H20N4OS/c1-8-6-16-9(2)5-14(8)7-15-11(17)13(4)10(3)12-15/h8-9H,5-7H2,1-4H3/t8-,9+/m1/s1. The molecule has 0 radical (unpaired) electrons. The number of ether oxygens (including phenoxy) is 1. The third-order valence-electron chi connectivity index (χ3n) is 3.31. The molecule has 0 aromatic carbocycles. The maximum Gasteiger partial charge on any atom is 0.198 e. The number of hydrogen-bond donors (Lipinski definition) is 0. The molecule has 1 fully saturated rings. The summed E-state index contributed by atoms with van der Waals surface area (Å²) in [5.74, 6) is 0.948. The lowest BCUT2D eigenvalue weighted by atomic mass is 10.2. The molecule has 2 rings (SSSR count). The molecule has 6 heteroatoms. The first-order valence-corrected chi connectivity index (χ1v) is 6.36. The van der Waals surface area contributed by atoms with Crippen molar-refractivity contribution in [1.29, 1.82) is 0 Å². The number of aromatic nitrogens is 3. The summed E-state index contributed by atoms with van der Waals surface area (Å²) in [6.07, 6.45) is 0.283. The van der Waals surface area contributed by atoms with Gasteiger partial charge in [-0.3, -0.25) is 4.90 Å². The molecule has 96 valence electrons. The molecule has 0 N–H and O–H groups in total. The van der Waals surface area contributed by atoms with Gasteiger partial charge in [0.2, 0.25) is 0 Å². The van der Waals surface area contributed by atoms with Crippen LogP contribution >= 0.6 is 12.2 Å². The number of nitrogens with zero attached hydrogens (tertiary/aromatic N) is 4. The van der Waals surface area contributed by atoms with Crippen LogP contribution in [0.25, 0.3) is 0 Å². The first-order chi connectivity index (χ1) is 7.99. The van der Waals surface area contributed by atoms with E-state index in [1.165, 1.54) is 0 Å². The van der Waals surface area contributed by atoms with Crippen LogP contribution in [0.2, 0.25) is 0 Å². The van der Waals surface area contributed by atoms with Crippen LogP contribution in [-0.4, -0.2) is 44.5 Å². The Bertz CT molecular complexity index is 453. The highest BCUT2D eigenvalue weighted by Crippen LogP contribution is 2.12. The molecule has 0 bridgehead atoms. The Morgan fingerprint density at radius 3 is 2.76 bits per heavy atom. The molecule has 1 aromatic rings. The summed E-state index contributed by atoms with van der Waals surface area (Å²) in [5.41, 5.74) is 0. The van der Waals surface area contributed by atoms with Gasteiger partial charge in [-0.05, 0) is 33.0 Å². The quantitative estimate of drug-likeness (QED) is 0.748. The van der Waals surface area contributed by atoms with E-state index in [0.717, 1.165) is 30.4 Å². The number of hydrogen-bond acceptors (Lipinski definition) is 4. The SMILES string of the molecule is Cc1nn(CN2C[C@H](C)OC[C@H]2C)c(=S)n1C. The molecule has 0 saturated carbocycles. The topological polar surface area (TPSA) is 35.2 Å². The maximum atomic E-state index is 5.61. The summed E-state index contributed by atoms with van der Waals surface area (Å²) in [5, 5.41) is 4.46. The Morgan fingerprint density at radius 2 is 2.18 bits per heavy atom. The van der Waals surface area contributed by atoms with Crippen molar-refractivity contribution in [2.45, 2.75) is 39.6 Å². The van der Waals surface area contributed by atoms with Gasteiger partial charge in [-0.1, -0.05) is 0 Å². The normalized spacial score (nSPS) is 26.4. The summed E-state index contributed by atoms with van der Waals surface area (Å²) < 4.78 is 10.2. The number of morpholine rings is 1. The van der Waals surface area contributed by atoms with Crippen LogP contribution in [0.4, 0.5) is 0 Å². The van der Waals surface area contributed by atoms with E-state index in [-0.39, 0.29) is 6.10 Å². The van der Waals surface area contributed by atoms with Gasteiger partial charge in [-0.15, -0.1) is 0 Å². The van der Waals surface area contributed by atoms with E-state index in [1.54, 1.807) is 0 Å². The van der Waals surface area contributed by atoms with Gasteiger partial charge in [-0.2, -0.15) is 5.10 Å². The van der Waals surface area contributed by atoms with Crippen LogP contribution in [0.5, 0.6) is 0 Å². The molecule has 0 amide bonds. The van der Waals surface area contributed by atoms with E-state index in [9.17, 15) is 0 Å². The second-order valence-corrected chi connectivity index (χ2v) is 5.16. The average molecular weight is 256 g/mol. The van der Waals surface area contributed by atoms with E-state index in [0.29, 0.717) is 6.04 Å². The largest absolute Gasteiger partial charge is 0.376 e. The molecule has 0 aliphatic carbocycles. The van der Waals surface area contributed by atoms with Crippen molar-refractivity contribution in [3.05, 3.63) is 10.6 Å². The number of rotatable bonds is 2. The molecular weight excluding hydrogens is 236 g/mol. The van der Waals surface area contributed by atoms with Gasteiger partial charge in [0.25, 0.3) is 0 Å². The predicted molar refractivity (Wildman–Crippen MR) is 68.4 cm³/mol. The zero-order chi connectivity index (χ0) is 12.6. The third-order valence-corrected chi connectivity index (χ3v) is 3.80. The smallest absolute Gasteiger partial charge is 0.198 e. The molecule has 1 aliphatic rings. The fraction of sp³-hybridized carbons (Fsp3) is 0.818. The summed E-state index contributed by atoms with van der Waals surface area (Å²) in [6.45, 7) is 8.69. The van der Waals surface area contributed by atoms with Crippen LogP contribution in [0.1, 0.15) is 19.7 Å². The third kappa shape index (κ3) is 2.59. The molecule has 2 atom stereocenters. The Morgan fingerprint density at radius 1 is 1.47 bits per heavy atom. The Balaban J connectivity index is 2.14. The van der Waals surface area contributed by atoms with E-state index < -0.39 is 0 Å². The minimum absolute atomic E-state index is 0.283. The minimum Gasteiger partial charge on any atom is -0.376 e. The Hall–Kier alpha value is -0.720. The zero-order valence-corrected chi connectivity index (χ0v) is 11.7. The summed E-state index contributed by atoms with van der Waals surface area (Å²) >= 11 is 5.36. The van der Waals surface area contributed by atoms with Crippen molar-refractivity contribution < 1.29 is 4.74 Å². The maximum absolute atomic E-state index is 5.61. The first-order valence-electron chi connectivity index (χ1n) is 5.95. The summed E-state index contributed by atoms with van der Waals surface area (Å²) in [4.78, 5) is 2.36. The van der Waals surface area contributed by atoms with Crippen LogP contribution in [0.3, 0.4) is 0 Å². The van der Waals surface area contributed by atoms with Gasteiger partial charge in [0.05, 0.1) is 19.4 Å². The molecule has 17 heavy (non-hydrogen) atoms. The van der Waals surface area contributed by atoms with Crippen molar-refractivity contribution in [1.82, 2.24) is 19.2 Å². The zero-order valence-electron chi connectivity index (χ0n) is 10.9. The fourth-order valence-electron chi connectivity index (χ4n) is 2.03. The fourth-order valence-corrected chi connectivity index (χ4v) is 2.26. The lowest BCUT2D eigenvalue weighted by Crippen LogP contribution is -2.47. The van der Waals surface area contributed by atoms with Gasteiger partial charge in [0.1, 0.15) is 5.82 Å². The second-order valence-electron chi connectivity index (χ2n) is 4.79. The van der Waals surface area contributed by atoms with Crippen LogP contribution in [0, 0.1) is 11.7 Å². The molecule has 1 saturated heterocycles. The molecule has 2 heterocycles. The number of aryl methyl sites for hydroxylation is 1. The molecular formula is C11H20N4OS. The Labute approximate surface area is 107 Å². The minimum atomic E-state index is 0.283. The van der Waals surface area contributed by atoms with Crippen LogP contribution in [0.15, 0.2) is 0 Å². The second kappa shape index (κ2) is 4.88.